The molecule has 0 saturated heterocycles. The quantitative estimate of drug-likeness (QED) is 0.359. The molecule has 4 fully saturated rings. The standard InChI is InChI=1S/C31H28N6O4/c38-26-32(22-7-3-1-4-8-22)28(40)36-30-12-11-24(34(26)36)25(30)35-27(39)33(23-9-5-2-6-10-23)29(41)37(35)31(30)20-14-18-13-19(16-20)17-21(31)15-18/h1-12,18-21,24-25H,13-17H2. The van der Waals surface area contributed by atoms with Crippen molar-refractivity contribution in [3.8, 4) is 11.4 Å². The summed E-state index contributed by atoms with van der Waals surface area (Å²) in [6.45, 7) is 0. The van der Waals surface area contributed by atoms with E-state index >= 15 is 0 Å². The molecule has 0 radical (unpaired) electrons. The van der Waals surface area contributed by atoms with E-state index in [1.54, 1.807) is 43.0 Å². The lowest BCUT2D eigenvalue weighted by Gasteiger charge is -2.63. The molecule has 0 amide bonds. The molecule has 2 aliphatic heterocycles. The Bertz CT molecular complexity index is 2040. The lowest BCUT2D eigenvalue weighted by atomic mass is 9.44. The van der Waals surface area contributed by atoms with Crippen LogP contribution < -0.4 is 22.8 Å². The first-order valence-corrected chi connectivity index (χ1v) is 14.7. The van der Waals surface area contributed by atoms with Crippen molar-refractivity contribution in [1.82, 2.24) is 27.9 Å². The molecule has 11 rings (SSSR count). The van der Waals surface area contributed by atoms with E-state index < -0.39 is 40.2 Å². The highest BCUT2D eigenvalue weighted by Crippen LogP contribution is 2.73. The third-order valence-electron chi connectivity index (χ3n) is 11.6. The number of allylic oxidation sites excluding steroid dienone is 2. The molecule has 3 atom stereocenters. The molecule has 4 heterocycles. The Balaban J connectivity index is 1.33. The van der Waals surface area contributed by atoms with Crippen LogP contribution in [0.3, 0.4) is 0 Å². The topological polar surface area (TPSA) is 97.9 Å². The highest BCUT2D eigenvalue weighted by molar-refractivity contribution is 5.41. The molecule has 6 bridgehead atoms. The summed E-state index contributed by atoms with van der Waals surface area (Å²) in [6, 6.07) is 17.0. The van der Waals surface area contributed by atoms with Gasteiger partial charge in [-0.05, 0) is 80.0 Å². The molecule has 3 unspecified atom stereocenters. The highest BCUT2D eigenvalue weighted by atomic mass is 16.2. The predicted octanol–water partition coefficient (Wildman–Crippen LogP) is 2.14. The molecular weight excluding hydrogens is 520 g/mol. The Kier molecular flexibility index (Phi) is 3.78. The van der Waals surface area contributed by atoms with Crippen LogP contribution in [0, 0.1) is 23.7 Å². The molecule has 5 aliphatic carbocycles. The summed E-state index contributed by atoms with van der Waals surface area (Å²) in [4.78, 5) is 57.5. The van der Waals surface area contributed by atoms with E-state index in [9.17, 15) is 19.2 Å². The number of aromatic nitrogens is 6. The first-order chi connectivity index (χ1) is 20.0. The molecule has 4 aromatic rings. The smallest absolute Gasteiger partial charge is 0.245 e. The van der Waals surface area contributed by atoms with Gasteiger partial charge < -0.3 is 0 Å². The molecule has 1 spiro atoms. The fraction of sp³-hybridized carbons (Fsp3) is 0.419. The van der Waals surface area contributed by atoms with Crippen LogP contribution in [0.1, 0.15) is 44.2 Å². The van der Waals surface area contributed by atoms with Gasteiger partial charge in [0.2, 0.25) is 0 Å². The Morgan fingerprint density at radius 2 is 1.10 bits per heavy atom. The van der Waals surface area contributed by atoms with Crippen molar-refractivity contribution < 1.29 is 0 Å². The van der Waals surface area contributed by atoms with Crippen molar-refractivity contribution in [3.05, 3.63) is 115 Å². The maximum absolute atomic E-state index is 14.6. The van der Waals surface area contributed by atoms with Crippen LogP contribution in [0.5, 0.6) is 0 Å². The lowest BCUT2D eigenvalue weighted by Crippen LogP contribution is -2.69. The molecule has 41 heavy (non-hydrogen) atoms. The van der Waals surface area contributed by atoms with Crippen molar-refractivity contribution in [2.75, 3.05) is 0 Å². The number of fused-ring (bicyclic) bond motifs is 3. The number of para-hydroxylation sites is 2. The summed E-state index contributed by atoms with van der Waals surface area (Å²) in [5.41, 5.74) is -2.34. The van der Waals surface area contributed by atoms with E-state index in [2.05, 4.69) is 6.08 Å². The second kappa shape index (κ2) is 6.92. The Morgan fingerprint density at radius 1 is 0.585 bits per heavy atom. The number of rotatable bonds is 2. The van der Waals surface area contributed by atoms with Crippen molar-refractivity contribution in [1.29, 1.82) is 0 Å². The van der Waals surface area contributed by atoms with Gasteiger partial charge in [0, 0.05) is 0 Å². The number of hydrogen-bond donors (Lipinski definition) is 0. The Labute approximate surface area is 232 Å². The monoisotopic (exact) mass is 548 g/mol. The van der Waals surface area contributed by atoms with Crippen molar-refractivity contribution in [2.24, 2.45) is 23.7 Å². The summed E-state index contributed by atoms with van der Waals surface area (Å²) in [5.74, 6) is 1.44. The Morgan fingerprint density at radius 3 is 1.66 bits per heavy atom. The molecule has 7 aliphatic rings. The van der Waals surface area contributed by atoms with E-state index in [-0.39, 0.29) is 17.5 Å². The van der Waals surface area contributed by atoms with E-state index in [0.717, 1.165) is 25.7 Å². The van der Waals surface area contributed by atoms with E-state index in [0.29, 0.717) is 23.2 Å². The van der Waals surface area contributed by atoms with E-state index in [1.807, 2.05) is 42.5 Å². The van der Waals surface area contributed by atoms with Crippen molar-refractivity contribution in [2.45, 2.75) is 55.3 Å². The number of hydrogen-bond acceptors (Lipinski definition) is 4. The van der Waals surface area contributed by atoms with E-state index in [4.69, 9.17) is 0 Å². The van der Waals surface area contributed by atoms with Crippen LogP contribution in [-0.4, -0.2) is 27.9 Å². The van der Waals surface area contributed by atoms with E-state index in [1.165, 1.54) is 15.6 Å². The summed E-state index contributed by atoms with van der Waals surface area (Å²) in [7, 11) is 0. The van der Waals surface area contributed by atoms with Gasteiger partial charge in [0.15, 0.2) is 0 Å². The lowest BCUT2D eigenvalue weighted by molar-refractivity contribution is -0.139. The van der Waals surface area contributed by atoms with Crippen LogP contribution in [0.15, 0.2) is 92.0 Å². The molecule has 4 saturated carbocycles. The predicted molar refractivity (Wildman–Crippen MR) is 149 cm³/mol. The van der Waals surface area contributed by atoms with Crippen molar-refractivity contribution in [3.63, 3.8) is 0 Å². The molecule has 2 aromatic heterocycles. The minimum absolute atomic E-state index is 0.121. The summed E-state index contributed by atoms with van der Waals surface area (Å²) in [6.07, 6.45) is 9.19. The second-order valence-electron chi connectivity index (χ2n) is 13.0. The minimum Gasteiger partial charge on any atom is -0.245 e. The zero-order valence-electron chi connectivity index (χ0n) is 22.2. The van der Waals surface area contributed by atoms with Gasteiger partial charge in [0.05, 0.1) is 17.4 Å². The van der Waals surface area contributed by atoms with Crippen LogP contribution >= 0.6 is 0 Å². The molecule has 10 heteroatoms. The molecule has 10 nitrogen and oxygen atoms in total. The fourth-order valence-corrected chi connectivity index (χ4v) is 10.8. The average Bonchev–Trinajstić information content (AvgIpc) is 3.70. The van der Waals surface area contributed by atoms with Crippen LogP contribution in [-0.2, 0) is 11.1 Å². The van der Waals surface area contributed by atoms with Gasteiger partial charge in [-0.15, -0.1) is 0 Å². The summed E-state index contributed by atoms with van der Waals surface area (Å²) in [5, 5.41) is 0. The Hall–Kier alpha value is -4.34. The molecule has 206 valence electrons. The van der Waals surface area contributed by atoms with Gasteiger partial charge in [-0.2, -0.15) is 0 Å². The molecule has 0 N–H and O–H groups in total. The van der Waals surface area contributed by atoms with Gasteiger partial charge in [-0.3, -0.25) is 0 Å². The normalized spacial score (nSPS) is 36.3. The SMILES string of the molecule is O=c1n(-c2ccccc2)c(=O)n2n1C1C=CC23C1n1c(=O)n(-c2ccccc2)c(=O)n1C31C2CC3CC(C2)CC1C3. The third kappa shape index (κ3) is 2.16. The second-order valence-corrected chi connectivity index (χ2v) is 13.0. The van der Waals surface area contributed by atoms with Crippen LogP contribution in [0.2, 0.25) is 0 Å². The summed E-state index contributed by atoms with van der Waals surface area (Å²) < 4.78 is 9.21. The van der Waals surface area contributed by atoms with Crippen LogP contribution in [0.25, 0.3) is 11.4 Å². The van der Waals surface area contributed by atoms with Gasteiger partial charge in [0.1, 0.15) is 17.1 Å². The zero-order valence-corrected chi connectivity index (χ0v) is 22.2. The fourth-order valence-electron chi connectivity index (χ4n) is 10.8. The first kappa shape index (κ1) is 22.4. The van der Waals surface area contributed by atoms with Gasteiger partial charge in [-0.1, -0.05) is 48.6 Å². The summed E-state index contributed by atoms with van der Waals surface area (Å²) >= 11 is 0. The average molecular weight is 549 g/mol. The molecule has 2 aromatic carbocycles. The maximum atomic E-state index is 14.6. The minimum atomic E-state index is -1.01. The number of nitrogens with zero attached hydrogens (tertiary/aromatic N) is 6. The zero-order chi connectivity index (χ0) is 27.4. The van der Waals surface area contributed by atoms with Gasteiger partial charge in [-0.25, -0.2) is 47.0 Å². The first-order valence-electron chi connectivity index (χ1n) is 14.7. The highest BCUT2D eigenvalue weighted by Gasteiger charge is 2.80. The van der Waals surface area contributed by atoms with Gasteiger partial charge in [0.25, 0.3) is 0 Å². The molecular formula is C31H28N6O4. The number of benzene rings is 2. The third-order valence-corrected chi connectivity index (χ3v) is 11.6. The van der Waals surface area contributed by atoms with Gasteiger partial charge >= 0.3 is 22.8 Å². The maximum Gasteiger partial charge on any atom is 0.352 e. The van der Waals surface area contributed by atoms with Crippen molar-refractivity contribution >= 4 is 0 Å². The van der Waals surface area contributed by atoms with Crippen LogP contribution in [0.4, 0.5) is 0 Å². The largest absolute Gasteiger partial charge is 0.352 e.